The lowest BCUT2D eigenvalue weighted by Crippen LogP contribution is -2.02. The van der Waals surface area contributed by atoms with Crippen molar-refractivity contribution in [2.75, 3.05) is 6.26 Å². The van der Waals surface area contributed by atoms with Gasteiger partial charge in [0.05, 0.1) is 0 Å². The Morgan fingerprint density at radius 1 is 1.41 bits per heavy atom. The molecule has 0 aliphatic carbocycles. The number of carboxylic acid groups (broad SMARTS) is 1. The Morgan fingerprint density at radius 3 is 2.71 bits per heavy atom. The fraction of sp³-hybridized carbons (Fsp3) is 0.667. The number of carboxylic acids is 1. The Labute approximate surface area is 98.8 Å². The smallest absolute Gasteiger partial charge is 0.303 e. The van der Waals surface area contributed by atoms with Crippen LogP contribution >= 0.6 is 0 Å². The number of aryl methyl sites for hydroxylation is 1. The van der Waals surface area contributed by atoms with Gasteiger partial charge in [-0.05, 0) is 12.8 Å². The van der Waals surface area contributed by atoms with Crippen LogP contribution in [-0.4, -0.2) is 35.9 Å². The molecule has 1 N–H and O–H groups in total. The van der Waals surface area contributed by atoms with E-state index >= 15 is 0 Å². The molecule has 0 radical (unpaired) electrons. The quantitative estimate of drug-likeness (QED) is 0.708. The normalized spacial score (nSPS) is 11.6. The second kappa shape index (κ2) is 5.76. The Morgan fingerprint density at radius 2 is 2.12 bits per heavy atom. The van der Waals surface area contributed by atoms with Gasteiger partial charge >= 0.3 is 5.97 Å². The van der Waals surface area contributed by atoms with Gasteiger partial charge in [-0.15, -0.1) is 0 Å². The molecule has 0 aliphatic rings. The molecule has 0 saturated carbocycles. The molecule has 8 heteroatoms. The number of nitrogens with zero attached hydrogens (tertiary/aromatic N) is 2. The molecule has 1 aromatic rings. The first-order chi connectivity index (χ1) is 7.87. The highest BCUT2D eigenvalue weighted by atomic mass is 32.2. The second-order valence-electron chi connectivity index (χ2n) is 3.78. The molecule has 1 heterocycles. The van der Waals surface area contributed by atoms with Crippen molar-refractivity contribution in [1.29, 1.82) is 0 Å². The van der Waals surface area contributed by atoms with Crippen molar-refractivity contribution in [3.05, 3.63) is 11.7 Å². The number of hydrogen-bond donors (Lipinski definition) is 1. The van der Waals surface area contributed by atoms with Crippen LogP contribution in [0.5, 0.6) is 0 Å². The van der Waals surface area contributed by atoms with Crippen molar-refractivity contribution in [3.63, 3.8) is 0 Å². The lowest BCUT2D eigenvalue weighted by Gasteiger charge is -1.93. The van der Waals surface area contributed by atoms with Crippen LogP contribution in [0, 0.1) is 0 Å². The zero-order chi connectivity index (χ0) is 12.9. The van der Waals surface area contributed by atoms with E-state index in [1.165, 1.54) is 0 Å². The fourth-order valence-corrected chi connectivity index (χ4v) is 1.82. The zero-order valence-corrected chi connectivity index (χ0v) is 10.2. The molecule has 0 amide bonds. The molecule has 0 fully saturated rings. The molecule has 96 valence electrons. The molecule has 0 saturated heterocycles. The van der Waals surface area contributed by atoms with E-state index < -0.39 is 15.8 Å². The van der Waals surface area contributed by atoms with Crippen molar-refractivity contribution in [2.24, 2.45) is 0 Å². The van der Waals surface area contributed by atoms with Crippen molar-refractivity contribution in [3.8, 4) is 0 Å². The number of unbranched alkanes of at least 4 members (excludes halogenated alkanes) is 1. The minimum absolute atomic E-state index is 0.102. The number of hydrogen-bond acceptors (Lipinski definition) is 6. The van der Waals surface area contributed by atoms with Crippen LogP contribution in [0.2, 0.25) is 0 Å². The van der Waals surface area contributed by atoms with Gasteiger partial charge in [0.1, 0.15) is 5.75 Å². The van der Waals surface area contributed by atoms with Crippen LogP contribution in [-0.2, 0) is 26.8 Å². The van der Waals surface area contributed by atoms with E-state index in [1.807, 2.05) is 0 Å². The average molecular weight is 262 g/mol. The number of aliphatic carboxylic acids is 1. The first-order valence-corrected chi connectivity index (χ1v) is 7.14. The molecule has 0 aliphatic heterocycles. The van der Waals surface area contributed by atoms with Gasteiger partial charge in [-0.1, -0.05) is 5.16 Å². The summed E-state index contributed by atoms with van der Waals surface area (Å²) in [7, 11) is -3.16. The molecule has 17 heavy (non-hydrogen) atoms. The lowest BCUT2D eigenvalue weighted by atomic mass is 10.2. The topological polar surface area (TPSA) is 110 Å². The third kappa shape index (κ3) is 6.00. The van der Waals surface area contributed by atoms with Crippen LogP contribution in [0.4, 0.5) is 0 Å². The van der Waals surface area contributed by atoms with Gasteiger partial charge in [-0.3, -0.25) is 4.79 Å². The van der Waals surface area contributed by atoms with Gasteiger partial charge in [-0.2, -0.15) is 4.98 Å². The van der Waals surface area contributed by atoms with Crippen LogP contribution < -0.4 is 0 Å². The third-order valence-corrected chi connectivity index (χ3v) is 2.72. The van der Waals surface area contributed by atoms with Crippen molar-refractivity contribution in [1.82, 2.24) is 10.1 Å². The largest absolute Gasteiger partial charge is 0.481 e. The number of carbonyl (C=O) groups is 1. The summed E-state index contributed by atoms with van der Waals surface area (Å²) in [4.78, 5) is 14.2. The molecule has 0 unspecified atom stereocenters. The van der Waals surface area contributed by atoms with E-state index in [1.54, 1.807) is 0 Å². The maximum atomic E-state index is 11.0. The van der Waals surface area contributed by atoms with E-state index in [-0.39, 0.29) is 18.0 Å². The van der Waals surface area contributed by atoms with Gasteiger partial charge in [0.2, 0.25) is 5.89 Å². The molecule has 0 bridgehead atoms. The second-order valence-corrected chi connectivity index (χ2v) is 5.92. The maximum Gasteiger partial charge on any atom is 0.303 e. The van der Waals surface area contributed by atoms with E-state index in [0.29, 0.717) is 25.2 Å². The molecular formula is C9H14N2O5S. The Balaban J connectivity index is 2.38. The van der Waals surface area contributed by atoms with E-state index in [9.17, 15) is 13.2 Å². The molecule has 1 aromatic heterocycles. The Bertz CT molecular complexity index is 479. The van der Waals surface area contributed by atoms with E-state index in [0.717, 1.165) is 6.26 Å². The highest BCUT2D eigenvalue weighted by Gasteiger charge is 2.11. The summed E-state index contributed by atoms with van der Waals surface area (Å²) < 4.78 is 26.8. The number of sulfone groups is 1. The predicted molar refractivity (Wildman–Crippen MR) is 58.0 cm³/mol. The highest BCUT2D eigenvalue weighted by Crippen LogP contribution is 2.06. The predicted octanol–water partition coefficient (Wildman–Crippen LogP) is 0.412. The van der Waals surface area contributed by atoms with Crippen molar-refractivity contribution >= 4 is 15.8 Å². The summed E-state index contributed by atoms with van der Waals surface area (Å²) in [5, 5.41) is 12.0. The minimum Gasteiger partial charge on any atom is -0.481 e. The third-order valence-electron chi connectivity index (χ3n) is 1.93. The summed E-state index contributed by atoms with van der Waals surface area (Å²) in [5.41, 5.74) is 0. The monoisotopic (exact) mass is 262 g/mol. The number of rotatable bonds is 7. The average Bonchev–Trinajstić information content (AvgIpc) is 2.57. The zero-order valence-electron chi connectivity index (χ0n) is 9.42. The van der Waals surface area contributed by atoms with Crippen molar-refractivity contribution < 1.29 is 22.8 Å². The van der Waals surface area contributed by atoms with Crippen LogP contribution in [0.1, 0.15) is 31.0 Å². The first-order valence-electron chi connectivity index (χ1n) is 5.08. The summed E-state index contributed by atoms with van der Waals surface area (Å²) in [6.45, 7) is 0. The minimum atomic E-state index is -3.16. The van der Waals surface area contributed by atoms with E-state index in [4.69, 9.17) is 9.63 Å². The SMILES string of the molecule is CS(=O)(=O)Cc1noc(CCCCC(=O)O)n1. The maximum absolute atomic E-state index is 11.0. The fourth-order valence-electron chi connectivity index (χ4n) is 1.24. The molecule has 0 aromatic carbocycles. The van der Waals surface area contributed by atoms with E-state index in [2.05, 4.69) is 10.1 Å². The van der Waals surface area contributed by atoms with Crippen LogP contribution in [0.15, 0.2) is 4.52 Å². The molecular weight excluding hydrogens is 248 g/mol. The van der Waals surface area contributed by atoms with Gasteiger partial charge in [-0.25, -0.2) is 8.42 Å². The molecule has 1 rings (SSSR count). The highest BCUT2D eigenvalue weighted by molar-refractivity contribution is 7.89. The Kier molecular flexibility index (Phi) is 4.62. The van der Waals surface area contributed by atoms with Gasteiger partial charge in [0, 0.05) is 19.1 Å². The van der Waals surface area contributed by atoms with Gasteiger partial charge < -0.3 is 9.63 Å². The standard InChI is InChI=1S/C9H14N2O5S/c1-17(14,15)6-7-10-8(16-11-7)4-2-3-5-9(12)13/h2-6H2,1H3,(H,12,13). The summed E-state index contributed by atoms with van der Waals surface area (Å²) in [6.07, 6.45) is 2.80. The van der Waals surface area contributed by atoms with Gasteiger partial charge in [0.15, 0.2) is 15.7 Å². The summed E-state index contributed by atoms with van der Waals surface area (Å²) in [5.74, 6) is -0.603. The molecule has 7 nitrogen and oxygen atoms in total. The van der Waals surface area contributed by atoms with Crippen LogP contribution in [0.3, 0.4) is 0 Å². The molecule has 0 spiro atoms. The Hall–Kier alpha value is -1.44. The van der Waals surface area contributed by atoms with Gasteiger partial charge in [0.25, 0.3) is 0 Å². The first kappa shape index (κ1) is 13.6. The summed E-state index contributed by atoms with van der Waals surface area (Å²) >= 11 is 0. The summed E-state index contributed by atoms with van der Waals surface area (Å²) in [6, 6.07) is 0. The van der Waals surface area contributed by atoms with Crippen molar-refractivity contribution in [2.45, 2.75) is 31.4 Å². The number of aromatic nitrogens is 2. The lowest BCUT2D eigenvalue weighted by molar-refractivity contribution is -0.137. The van der Waals surface area contributed by atoms with Crippen LogP contribution in [0.25, 0.3) is 0 Å². The molecule has 0 atom stereocenters.